The van der Waals surface area contributed by atoms with Crippen molar-refractivity contribution in [3.63, 3.8) is 0 Å². The molecule has 0 fully saturated rings. The lowest BCUT2D eigenvalue weighted by Crippen LogP contribution is -2.26. The van der Waals surface area contributed by atoms with E-state index in [-0.39, 0.29) is 6.42 Å². The first-order valence-electron chi connectivity index (χ1n) is 12.1. The number of aryl methyl sites for hydroxylation is 1. The average molecular weight is 570 g/mol. The molecule has 0 spiro atoms. The smallest absolute Gasteiger partial charge is 0.275 e. The van der Waals surface area contributed by atoms with Gasteiger partial charge in [0.25, 0.3) is 5.97 Å². The molecule has 0 amide bonds. The second-order valence-electron chi connectivity index (χ2n) is 10.1. The van der Waals surface area contributed by atoms with Crippen molar-refractivity contribution in [1.29, 1.82) is 0 Å². The summed E-state index contributed by atoms with van der Waals surface area (Å²) in [7, 11) is -1.17. The molecule has 0 aliphatic rings. The number of nitrogens with zero attached hydrogens (tertiary/aromatic N) is 2. The number of rotatable bonds is 15. The third kappa shape index (κ3) is 9.13. The van der Waals surface area contributed by atoms with E-state index in [0.29, 0.717) is 32.8 Å². The predicted octanol–water partition coefficient (Wildman–Crippen LogP) is 5.12. The number of furan rings is 1. The molecule has 0 atom stereocenters. The van der Waals surface area contributed by atoms with E-state index in [4.69, 9.17) is 34.2 Å². The number of halogens is 1. The summed E-state index contributed by atoms with van der Waals surface area (Å²) in [6.45, 7) is 9.25. The molecule has 3 N–H and O–H groups in total. The highest BCUT2D eigenvalue weighted by atomic mass is 79.9. The summed E-state index contributed by atoms with van der Waals surface area (Å²) < 4.78 is 20.3. The Hall–Kier alpha value is -1.53. The minimum absolute atomic E-state index is 0.0912. The van der Waals surface area contributed by atoms with Gasteiger partial charge in [-0.15, -0.1) is 0 Å². The molecule has 0 saturated heterocycles. The van der Waals surface area contributed by atoms with Crippen LogP contribution in [0.3, 0.4) is 0 Å². The zero-order valence-electron chi connectivity index (χ0n) is 20.8. The van der Waals surface area contributed by atoms with Crippen molar-refractivity contribution in [1.82, 2.24) is 9.55 Å². The Morgan fingerprint density at radius 2 is 1.80 bits per heavy atom. The van der Waals surface area contributed by atoms with E-state index in [1.807, 2.05) is 24.3 Å². The van der Waals surface area contributed by atoms with Crippen molar-refractivity contribution >= 4 is 35.0 Å². The van der Waals surface area contributed by atoms with Gasteiger partial charge in [0, 0.05) is 51.7 Å². The Balaban J connectivity index is 1.62. The molecule has 2 heterocycles. The molecular formula is C25H37BrN2O6Si. The average Bonchev–Trinajstić information content (AvgIpc) is 3.35. The lowest BCUT2D eigenvalue weighted by molar-refractivity contribution is -0.315. The molecule has 3 aromatic rings. The third-order valence-corrected chi connectivity index (χ3v) is 8.18. The minimum atomic E-state index is -2.60. The van der Waals surface area contributed by atoms with Crippen molar-refractivity contribution in [3.8, 4) is 11.3 Å². The molecule has 3 rings (SSSR count). The zero-order valence-corrected chi connectivity index (χ0v) is 23.4. The number of benzene rings is 1. The van der Waals surface area contributed by atoms with Gasteiger partial charge < -0.3 is 29.2 Å². The molecule has 0 aliphatic carbocycles. The molecule has 2 aromatic heterocycles. The van der Waals surface area contributed by atoms with E-state index in [2.05, 4.69) is 40.1 Å². The Bertz CT molecular complexity index is 1070. The second-order valence-corrected chi connectivity index (χ2v) is 16.4. The van der Waals surface area contributed by atoms with Gasteiger partial charge in [0.2, 0.25) is 0 Å². The molecule has 10 heteroatoms. The normalized spacial score (nSPS) is 12.7. The highest BCUT2D eigenvalue weighted by molar-refractivity contribution is 9.10. The van der Waals surface area contributed by atoms with Gasteiger partial charge in [-0.2, -0.15) is 0 Å². The van der Waals surface area contributed by atoms with Gasteiger partial charge in [-0.1, -0.05) is 31.8 Å². The number of ether oxygens (including phenoxy) is 2. The summed E-state index contributed by atoms with van der Waals surface area (Å²) in [5.41, 5.74) is 2.66. The van der Waals surface area contributed by atoms with Crippen LogP contribution < -0.4 is 0 Å². The van der Waals surface area contributed by atoms with Crippen LogP contribution in [0.4, 0.5) is 0 Å². The number of hydrogen-bond acceptors (Lipinski definition) is 7. The maximum absolute atomic E-state index is 8.92. The first-order valence-corrected chi connectivity index (χ1v) is 16.6. The SMILES string of the molecule is C[Si](C)(C)CCOCn1c(CCCOCCCCC(O)(O)O)nc(-c2ccc3ccoc3c2)c1Br. The van der Waals surface area contributed by atoms with Crippen LogP contribution in [0.5, 0.6) is 0 Å². The van der Waals surface area contributed by atoms with Crippen LogP contribution in [0.1, 0.15) is 31.5 Å². The predicted molar refractivity (Wildman–Crippen MR) is 142 cm³/mol. The lowest BCUT2D eigenvalue weighted by atomic mass is 10.1. The van der Waals surface area contributed by atoms with Crippen LogP contribution in [0.15, 0.2) is 39.5 Å². The van der Waals surface area contributed by atoms with Gasteiger partial charge >= 0.3 is 0 Å². The third-order valence-electron chi connectivity index (χ3n) is 5.67. The molecule has 0 bridgehead atoms. The maximum atomic E-state index is 8.92. The number of unbranched alkanes of at least 4 members (excludes halogenated alkanes) is 1. The number of aromatic nitrogens is 2. The van der Waals surface area contributed by atoms with Crippen LogP contribution in [-0.4, -0.2) is 58.7 Å². The first-order chi connectivity index (χ1) is 16.5. The van der Waals surface area contributed by atoms with Crippen LogP contribution >= 0.6 is 15.9 Å². The van der Waals surface area contributed by atoms with Crippen LogP contribution in [-0.2, 0) is 22.6 Å². The van der Waals surface area contributed by atoms with Gasteiger partial charge in [0.1, 0.15) is 28.4 Å². The first kappa shape index (κ1) is 28.0. The van der Waals surface area contributed by atoms with E-state index < -0.39 is 14.0 Å². The summed E-state index contributed by atoms with van der Waals surface area (Å²) in [4.78, 5) is 4.94. The van der Waals surface area contributed by atoms with Gasteiger partial charge in [-0.25, -0.2) is 4.98 Å². The fraction of sp³-hybridized carbons (Fsp3) is 0.560. The van der Waals surface area contributed by atoms with Crippen molar-refractivity contribution in [2.24, 2.45) is 0 Å². The summed E-state index contributed by atoms with van der Waals surface area (Å²) in [6, 6.07) is 9.14. The number of imidazole rings is 1. The van der Waals surface area contributed by atoms with E-state index >= 15 is 0 Å². The van der Waals surface area contributed by atoms with Crippen LogP contribution in [0, 0.1) is 0 Å². The standard InChI is InChI=1S/C25H37BrN2O6Si/c1-35(2,3)16-15-33-18-28-22(7-6-13-32-12-5-4-11-25(29,30)31)27-23(24(28)26)20-9-8-19-10-14-34-21(19)17-20/h8-10,14,17,29-31H,4-7,11-13,15-16,18H2,1-3H3. The van der Waals surface area contributed by atoms with E-state index in [9.17, 15) is 0 Å². The molecular weight excluding hydrogens is 532 g/mol. The van der Waals surface area contributed by atoms with Crippen LogP contribution in [0.2, 0.25) is 25.7 Å². The topological polar surface area (TPSA) is 110 Å². The zero-order chi connectivity index (χ0) is 25.5. The van der Waals surface area contributed by atoms with Crippen LogP contribution in [0.25, 0.3) is 22.2 Å². The number of aliphatic hydroxyl groups is 3. The second kappa shape index (κ2) is 12.6. The quantitative estimate of drug-likeness (QED) is 0.132. The summed E-state index contributed by atoms with van der Waals surface area (Å²) in [5.74, 6) is -1.67. The summed E-state index contributed by atoms with van der Waals surface area (Å²) >= 11 is 3.76. The number of hydrogen-bond donors (Lipinski definition) is 3. The summed E-state index contributed by atoms with van der Waals surface area (Å²) in [5, 5.41) is 27.8. The Kier molecular flexibility index (Phi) is 10.1. The van der Waals surface area contributed by atoms with Crippen molar-refractivity contribution in [2.75, 3.05) is 19.8 Å². The molecule has 0 radical (unpaired) electrons. The Morgan fingerprint density at radius 1 is 1.03 bits per heavy atom. The fourth-order valence-corrected chi connectivity index (χ4v) is 5.00. The molecule has 194 valence electrons. The molecule has 8 nitrogen and oxygen atoms in total. The minimum Gasteiger partial charge on any atom is -0.464 e. The van der Waals surface area contributed by atoms with Gasteiger partial charge in [0.15, 0.2) is 0 Å². The van der Waals surface area contributed by atoms with Gasteiger partial charge in [0.05, 0.1) is 6.26 Å². The molecule has 0 unspecified atom stereocenters. The van der Waals surface area contributed by atoms with E-state index in [1.165, 1.54) is 0 Å². The van der Waals surface area contributed by atoms with Gasteiger partial charge in [-0.3, -0.25) is 4.57 Å². The molecule has 0 saturated carbocycles. The van der Waals surface area contributed by atoms with E-state index in [1.54, 1.807) is 6.26 Å². The molecule has 35 heavy (non-hydrogen) atoms. The Labute approximate surface area is 216 Å². The number of fused-ring (bicyclic) bond motifs is 1. The van der Waals surface area contributed by atoms with Crippen molar-refractivity contribution < 1.29 is 29.2 Å². The van der Waals surface area contributed by atoms with Gasteiger partial charge in [-0.05, 0) is 53.4 Å². The highest BCUT2D eigenvalue weighted by Crippen LogP contribution is 2.32. The monoisotopic (exact) mass is 568 g/mol. The fourth-order valence-electron chi connectivity index (χ4n) is 3.62. The summed E-state index contributed by atoms with van der Waals surface area (Å²) in [6.07, 6.45) is 4.23. The Morgan fingerprint density at radius 3 is 2.54 bits per heavy atom. The van der Waals surface area contributed by atoms with Crippen molar-refractivity contribution in [2.45, 2.75) is 70.5 Å². The highest BCUT2D eigenvalue weighted by Gasteiger charge is 2.19. The largest absolute Gasteiger partial charge is 0.464 e. The maximum Gasteiger partial charge on any atom is 0.275 e. The van der Waals surface area contributed by atoms with Crippen molar-refractivity contribution in [3.05, 3.63) is 41.0 Å². The molecule has 1 aromatic carbocycles. The van der Waals surface area contributed by atoms with E-state index in [0.717, 1.165) is 58.1 Å². The molecule has 0 aliphatic heterocycles. The lowest BCUT2D eigenvalue weighted by Gasteiger charge is -2.16.